The van der Waals surface area contributed by atoms with E-state index in [2.05, 4.69) is 50.1 Å². The summed E-state index contributed by atoms with van der Waals surface area (Å²) in [6.45, 7) is 8.77. The molecule has 0 amide bonds. The van der Waals surface area contributed by atoms with Crippen molar-refractivity contribution in [2.75, 3.05) is 20.6 Å². The Kier molecular flexibility index (Phi) is 6.82. The summed E-state index contributed by atoms with van der Waals surface area (Å²) in [4.78, 5) is 8.00. The number of likely N-dealkylation sites (N-methyl/N-ethyl adjacent to an activating group) is 1. The fourth-order valence-corrected chi connectivity index (χ4v) is 2.88. The van der Waals surface area contributed by atoms with Crippen LogP contribution in [0.25, 0.3) is 0 Å². The largest absolute Gasteiger partial charge is 0.308 e. The van der Waals surface area contributed by atoms with Gasteiger partial charge in [-0.1, -0.05) is 20.8 Å². The molecule has 18 heavy (non-hydrogen) atoms. The fraction of sp³-hybridized carbons (Fsp3) is 0.786. The first kappa shape index (κ1) is 15.6. The van der Waals surface area contributed by atoms with Gasteiger partial charge < -0.3 is 10.2 Å². The smallest absolute Gasteiger partial charge is 0.0925 e. The number of rotatable bonds is 8. The van der Waals surface area contributed by atoms with E-state index in [4.69, 9.17) is 0 Å². The Hall–Kier alpha value is -0.450. The third kappa shape index (κ3) is 5.94. The van der Waals surface area contributed by atoms with E-state index in [0.717, 1.165) is 25.4 Å². The molecular formula is C14H27N3S. The molecule has 0 fully saturated rings. The van der Waals surface area contributed by atoms with Crippen LogP contribution in [0.4, 0.5) is 0 Å². The van der Waals surface area contributed by atoms with Gasteiger partial charge in [0.25, 0.3) is 0 Å². The van der Waals surface area contributed by atoms with Crippen LogP contribution in [0, 0.1) is 5.92 Å². The van der Waals surface area contributed by atoms with E-state index in [1.54, 1.807) is 0 Å². The van der Waals surface area contributed by atoms with E-state index in [1.165, 1.54) is 16.3 Å². The minimum Gasteiger partial charge on any atom is -0.308 e. The molecule has 0 bridgehead atoms. The topological polar surface area (TPSA) is 28.2 Å². The zero-order chi connectivity index (χ0) is 13.5. The summed E-state index contributed by atoms with van der Waals surface area (Å²) in [6, 6.07) is 0.562. The normalized spacial score (nSPS) is 13.5. The van der Waals surface area contributed by atoms with E-state index in [-0.39, 0.29) is 0 Å². The molecule has 1 rings (SSSR count). The summed E-state index contributed by atoms with van der Waals surface area (Å²) in [5.74, 6) is 0.732. The molecule has 104 valence electrons. The molecule has 0 spiro atoms. The second-order valence-corrected chi connectivity index (χ2v) is 6.74. The Morgan fingerprint density at radius 2 is 2.11 bits per heavy atom. The molecule has 4 heteroatoms. The van der Waals surface area contributed by atoms with Gasteiger partial charge in [0.15, 0.2) is 0 Å². The maximum atomic E-state index is 4.40. The monoisotopic (exact) mass is 269 g/mol. The molecule has 0 aromatic carbocycles. The van der Waals surface area contributed by atoms with Gasteiger partial charge in [-0.05, 0) is 32.9 Å². The molecule has 1 unspecified atom stereocenters. The molecule has 0 saturated heterocycles. The maximum absolute atomic E-state index is 4.40. The summed E-state index contributed by atoms with van der Waals surface area (Å²) >= 11 is 1.83. The SMILES string of the molecule is CCc1ncc(CNC(CC(C)C)CN(C)C)s1. The molecule has 3 nitrogen and oxygen atoms in total. The number of nitrogens with zero attached hydrogens (tertiary/aromatic N) is 2. The Morgan fingerprint density at radius 1 is 1.39 bits per heavy atom. The zero-order valence-corrected chi connectivity index (χ0v) is 13.2. The number of aryl methyl sites for hydroxylation is 1. The van der Waals surface area contributed by atoms with Gasteiger partial charge in [-0.15, -0.1) is 11.3 Å². The number of thiazole rings is 1. The van der Waals surface area contributed by atoms with Crippen molar-refractivity contribution in [3.8, 4) is 0 Å². The van der Waals surface area contributed by atoms with Crippen molar-refractivity contribution in [3.63, 3.8) is 0 Å². The molecule has 1 heterocycles. The number of nitrogens with one attached hydrogen (secondary N) is 1. The van der Waals surface area contributed by atoms with Crippen LogP contribution in [0.3, 0.4) is 0 Å². The van der Waals surface area contributed by atoms with Gasteiger partial charge in [-0.2, -0.15) is 0 Å². The Labute approximate surface area is 116 Å². The van der Waals surface area contributed by atoms with Crippen molar-refractivity contribution in [1.29, 1.82) is 0 Å². The number of hydrogen-bond donors (Lipinski definition) is 1. The van der Waals surface area contributed by atoms with Crippen molar-refractivity contribution in [2.24, 2.45) is 5.92 Å². The first-order chi connectivity index (χ1) is 8.51. The predicted molar refractivity (Wildman–Crippen MR) is 80.1 cm³/mol. The van der Waals surface area contributed by atoms with Crippen LogP contribution in [0.1, 0.15) is 37.1 Å². The van der Waals surface area contributed by atoms with E-state index >= 15 is 0 Å². The second-order valence-electron chi connectivity index (χ2n) is 5.54. The highest BCUT2D eigenvalue weighted by Crippen LogP contribution is 2.14. The molecule has 0 radical (unpaired) electrons. The first-order valence-electron chi connectivity index (χ1n) is 6.83. The highest BCUT2D eigenvalue weighted by Gasteiger charge is 2.12. The summed E-state index contributed by atoms with van der Waals surface area (Å²) in [6.07, 6.45) is 4.27. The average molecular weight is 269 g/mol. The maximum Gasteiger partial charge on any atom is 0.0925 e. The number of aromatic nitrogens is 1. The first-order valence-corrected chi connectivity index (χ1v) is 7.64. The van der Waals surface area contributed by atoms with Crippen LogP contribution in [0.2, 0.25) is 0 Å². The van der Waals surface area contributed by atoms with E-state index in [0.29, 0.717) is 6.04 Å². The Balaban J connectivity index is 2.44. The third-order valence-electron chi connectivity index (χ3n) is 2.81. The van der Waals surface area contributed by atoms with E-state index in [1.807, 2.05) is 17.5 Å². The second kappa shape index (κ2) is 7.87. The van der Waals surface area contributed by atoms with Crippen LogP contribution in [0.5, 0.6) is 0 Å². The predicted octanol–water partition coefficient (Wildman–Crippen LogP) is 2.77. The van der Waals surface area contributed by atoms with Gasteiger partial charge in [0.05, 0.1) is 5.01 Å². The molecule has 1 N–H and O–H groups in total. The minimum atomic E-state index is 0.562. The van der Waals surface area contributed by atoms with Gasteiger partial charge in [0.2, 0.25) is 0 Å². The molecule has 0 aliphatic heterocycles. The zero-order valence-electron chi connectivity index (χ0n) is 12.4. The summed E-state index contributed by atoms with van der Waals surface area (Å²) in [5.41, 5.74) is 0. The quantitative estimate of drug-likeness (QED) is 0.786. The summed E-state index contributed by atoms with van der Waals surface area (Å²) in [7, 11) is 4.27. The van der Waals surface area contributed by atoms with Crippen molar-refractivity contribution < 1.29 is 0 Å². The van der Waals surface area contributed by atoms with Crippen LogP contribution >= 0.6 is 11.3 Å². The molecule has 0 saturated carbocycles. The summed E-state index contributed by atoms with van der Waals surface area (Å²) < 4.78 is 0. The van der Waals surface area contributed by atoms with Gasteiger partial charge in [-0.25, -0.2) is 4.98 Å². The molecule has 1 aromatic heterocycles. The van der Waals surface area contributed by atoms with E-state index < -0.39 is 0 Å². The lowest BCUT2D eigenvalue weighted by atomic mass is 10.0. The van der Waals surface area contributed by atoms with Gasteiger partial charge in [0.1, 0.15) is 0 Å². The van der Waals surface area contributed by atoms with Crippen molar-refractivity contribution >= 4 is 11.3 Å². The van der Waals surface area contributed by atoms with Gasteiger partial charge >= 0.3 is 0 Å². The highest BCUT2D eigenvalue weighted by atomic mass is 32.1. The highest BCUT2D eigenvalue weighted by molar-refractivity contribution is 7.11. The average Bonchev–Trinajstić information content (AvgIpc) is 2.72. The molecule has 0 aliphatic carbocycles. The van der Waals surface area contributed by atoms with Gasteiger partial charge in [0, 0.05) is 30.2 Å². The lowest BCUT2D eigenvalue weighted by Crippen LogP contribution is -2.38. The van der Waals surface area contributed by atoms with Crippen LogP contribution < -0.4 is 5.32 Å². The van der Waals surface area contributed by atoms with Crippen molar-refractivity contribution in [1.82, 2.24) is 15.2 Å². The van der Waals surface area contributed by atoms with Crippen molar-refractivity contribution in [3.05, 3.63) is 16.1 Å². The fourth-order valence-electron chi connectivity index (χ4n) is 2.07. The van der Waals surface area contributed by atoms with E-state index in [9.17, 15) is 0 Å². The van der Waals surface area contributed by atoms with Gasteiger partial charge in [-0.3, -0.25) is 0 Å². The van der Waals surface area contributed by atoms with Crippen LogP contribution in [-0.2, 0) is 13.0 Å². The molecule has 0 aliphatic rings. The van der Waals surface area contributed by atoms with Crippen LogP contribution in [0.15, 0.2) is 6.20 Å². The van der Waals surface area contributed by atoms with Crippen LogP contribution in [-0.4, -0.2) is 36.6 Å². The minimum absolute atomic E-state index is 0.562. The standard InChI is InChI=1S/C14H27N3S/c1-6-14-16-9-13(18-14)8-15-12(7-11(2)3)10-17(4)5/h9,11-12,15H,6-8,10H2,1-5H3. The Bertz CT molecular complexity index is 324. The third-order valence-corrected chi connectivity index (χ3v) is 3.95. The lowest BCUT2D eigenvalue weighted by Gasteiger charge is -2.23. The Morgan fingerprint density at radius 3 is 2.61 bits per heavy atom. The molecular weight excluding hydrogens is 242 g/mol. The molecule has 1 aromatic rings. The lowest BCUT2D eigenvalue weighted by molar-refractivity contribution is 0.305. The van der Waals surface area contributed by atoms with Crippen molar-refractivity contribution in [2.45, 2.75) is 46.2 Å². The summed E-state index contributed by atoms with van der Waals surface area (Å²) in [5, 5.41) is 4.90. The molecule has 1 atom stereocenters. The number of hydrogen-bond acceptors (Lipinski definition) is 4.